The van der Waals surface area contributed by atoms with E-state index in [1.54, 1.807) is 23.0 Å². The molecule has 0 amide bonds. The first-order valence-corrected chi connectivity index (χ1v) is 10.5. The molecule has 0 saturated carbocycles. The molecule has 0 aliphatic carbocycles. The number of fused-ring (bicyclic) bond motifs is 1. The number of nitriles is 1. The van der Waals surface area contributed by atoms with Crippen molar-refractivity contribution in [1.29, 1.82) is 5.26 Å². The molecular formula is C24H21N5O3. The van der Waals surface area contributed by atoms with Crippen molar-refractivity contribution in [2.75, 3.05) is 6.61 Å². The first kappa shape index (κ1) is 20.0. The van der Waals surface area contributed by atoms with Crippen LogP contribution in [0.25, 0.3) is 16.9 Å². The summed E-state index contributed by atoms with van der Waals surface area (Å²) in [5.74, 6) is 0. The number of rotatable bonds is 5. The maximum absolute atomic E-state index is 13.5. The van der Waals surface area contributed by atoms with Gasteiger partial charge in [0.05, 0.1) is 36.3 Å². The highest BCUT2D eigenvalue weighted by Crippen LogP contribution is 2.17. The lowest BCUT2D eigenvalue weighted by atomic mass is 10.1. The van der Waals surface area contributed by atoms with Crippen LogP contribution in [0.5, 0.6) is 0 Å². The summed E-state index contributed by atoms with van der Waals surface area (Å²) in [6.07, 6.45) is 3.17. The zero-order chi connectivity index (χ0) is 22.1. The van der Waals surface area contributed by atoms with Crippen LogP contribution in [-0.2, 0) is 17.8 Å². The van der Waals surface area contributed by atoms with Crippen LogP contribution in [0, 0.1) is 11.3 Å². The fraction of sp³-hybridized carbons (Fsp3) is 0.250. The van der Waals surface area contributed by atoms with E-state index in [0.717, 1.165) is 18.4 Å². The van der Waals surface area contributed by atoms with E-state index < -0.39 is 5.69 Å². The Hall–Kier alpha value is -3.96. The van der Waals surface area contributed by atoms with E-state index in [9.17, 15) is 9.59 Å². The third-order valence-corrected chi connectivity index (χ3v) is 5.76. The van der Waals surface area contributed by atoms with E-state index in [4.69, 9.17) is 10.00 Å². The van der Waals surface area contributed by atoms with Crippen molar-refractivity contribution in [3.63, 3.8) is 0 Å². The fourth-order valence-electron chi connectivity index (χ4n) is 4.14. The first-order chi connectivity index (χ1) is 15.7. The van der Waals surface area contributed by atoms with Gasteiger partial charge in [0, 0.05) is 13.2 Å². The summed E-state index contributed by atoms with van der Waals surface area (Å²) in [7, 11) is 0. The zero-order valence-electron chi connectivity index (χ0n) is 17.3. The van der Waals surface area contributed by atoms with Crippen LogP contribution in [0.3, 0.4) is 0 Å². The molecule has 1 aliphatic rings. The van der Waals surface area contributed by atoms with Gasteiger partial charge in [-0.15, -0.1) is 0 Å². The molecular weight excluding hydrogens is 406 g/mol. The van der Waals surface area contributed by atoms with Crippen LogP contribution in [0.4, 0.5) is 0 Å². The van der Waals surface area contributed by atoms with Gasteiger partial charge in [0.1, 0.15) is 0 Å². The molecule has 0 radical (unpaired) electrons. The van der Waals surface area contributed by atoms with E-state index in [0.29, 0.717) is 35.6 Å². The minimum absolute atomic E-state index is 0.156. The maximum atomic E-state index is 13.5. The van der Waals surface area contributed by atoms with Gasteiger partial charge in [0.2, 0.25) is 0 Å². The largest absolute Gasteiger partial charge is 0.376 e. The number of ether oxygens (including phenoxy) is 1. The Kier molecular flexibility index (Phi) is 5.17. The quantitative estimate of drug-likeness (QED) is 0.488. The Labute approximate surface area is 183 Å². The Balaban J connectivity index is 1.69. The molecule has 4 aromatic rings. The van der Waals surface area contributed by atoms with Crippen molar-refractivity contribution in [2.24, 2.45) is 0 Å². The predicted octanol–water partition coefficient (Wildman–Crippen LogP) is 2.45. The smallest absolute Gasteiger partial charge is 0.337 e. The van der Waals surface area contributed by atoms with Gasteiger partial charge in [0.15, 0.2) is 11.2 Å². The molecule has 0 unspecified atom stereocenters. The molecule has 3 heterocycles. The number of para-hydroxylation sites is 1. The molecule has 1 fully saturated rings. The molecule has 32 heavy (non-hydrogen) atoms. The van der Waals surface area contributed by atoms with Gasteiger partial charge in [0.25, 0.3) is 5.56 Å². The molecule has 8 nitrogen and oxygen atoms in total. The minimum atomic E-state index is -0.423. The molecule has 1 aliphatic heterocycles. The van der Waals surface area contributed by atoms with Gasteiger partial charge >= 0.3 is 5.69 Å². The van der Waals surface area contributed by atoms with Gasteiger partial charge < -0.3 is 9.30 Å². The van der Waals surface area contributed by atoms with Crippen molar-refractivity contribution in [2.45, 2.75) is 32.0 Å². The Morgan fingerprint density at radius 3 is 2.56 bits per heavy atom. The van der Waals surface area contributed by atoms with Crippen molar-refractivity contribution < 1.29 is 4.74 Å². The SMILES string of the molecule is N#Cc1ccc(Cn2cnc3c2c(=O)n(C[C@H]2CCCO2)c(=O)n3-c2ccccc2)cc1. The summed E-state index contributed by atoms with van der Waals surface area (Å²) >= 11 is 0. The van der Waals surface area contributed by atoms with E-state index in [1.165, 1.54) is 9.13 Å². The number of nitrogens with zero attached hydrogens (tertiary/aromatic N) is 5. The summed E-state index contributed by atoms with van der Waals surface area (Å²) in [5.41, 5.74) is 2.02. The van der Waals surface area contributed by atoms with Crippen LogP contribution in [0.2, 0.25) is 0 Å². The second kappa shape index (κ2) is 8.29. The van der Waals surface area contributed by atoms with Crippen molar-refractivity contribution in [1.82, 2.24) is 18.7 Å². The van der Waals surface area contributed by atoms with Crippen molar-refractivity contribution >= 4 is 11.2 Å². The summed E-state index contributed by atoms with van der Waals surface area (Å²) in [4.78, 5) is 31.4. The predicted molar refractivity (Wildman–Crippen MR) is 119 cm³/mol. The van der Waals surface area contributed by atoms with Crippen LogP contribution in [0.1, 0.15) is 24.0 Å². The van der Waals surface area contributed by atoms with Crippen LogP contribution < -0.4 is 11.2 Å². The number of hydrogen-bond acceptors (Lipinski definition) is 5. The molecule has 5 rings (SSSR count). The highest BCUT2D eigenvalue weighted by molar-refractivity contribution is 5.72. The average molecular weight is 427 g/mol. The molecule has 160 valence electrons. The number of benzene rings is 2. The van der Waals surface area contributed by atoms with Crippen LogP contribution in [-0.4, -0.2) is 31.4 Å². The molecule has 0 spiro atoms. The van der Waals surface area contributed by atoms with E-state index in [-0.39, 0.29) is 18.2 Å². The second-order valence-electron chi connectivity index (χ2n) is 7.86. The second-order valence-corrected chi connectivity index (χ2v) is 7.86. The maximum Gasteiger partial charge on any atom is 0.337 e. The normalized spacial score (nSPS) is 15.8. The lowest BCUT2D eigenvalue weighted by Gasteiger charge is -2.15. The third-order valence-electron chi connectivity index (χ3n) is 5.76. The van der Waals surface area contributed by atoms with Gasteiger partial charge in [-0.3, -0.25) is 9.36 Å². The molecule has 0 bridgehead atoms. The lowest BCUT2D eigenvalue weighted by molar-refractivity contribution is 0.0950. The summed E-state index contributed by atoms with van der Waals surface area (Å²) in [6, 6.07) is 18.5. The molecule has 8 heteroatoms. The highest BCUT2D eigenvalue weighted by atomic mass is 16.5. The molecule has 2 aromatic heterocycles. The standard InChI is InChI=1S/C24H21N5O3/c25-13-17-8-10-18(11-9-17)14-27-16-26-22-21(27)23(30)28(15-20-7-4-12-32-20)24(31)29(22)19-5-2-1-3-6-19/h1-3,5-6,8-11,16,20H,4,7,12,14-15H2/t20-/m1/s1. The number of hydrogen-bond donors (Lipinski definition) is 0. The first-order valence-electron chi connectivity index (χ1n) is 10.5. The van der Waals surface area contributed by atoms with E-state index >= 15 is 0 Å². The zero-order valence-corrected chi connectivity index (χ0v) is 17.3. The van der Waals surface area contributed by atoms with Crippen LogP contribution >= 0.6 is 0 Å². The molecule has 1 atom stereocenters. The molecule has 0 N–H and O–H groups in total. The Morgan fingerprint density at radius 1 is 1.09 bits per heavy atom. The molecule has 1 saturated heterocycles. The van der Waals surface area contributed by atoms with Gasteiger partial charge in [-0.2, -0.15) is 5.26 Å². The van der Waals surface area contributed by atoms with Crippen molar-refractivity contribution in [3.05, 3.63) is 92.9 Å². The Morgan fingerprint density at radius 2 is 1.88 bits per heavy atom. The van der Waals surface area contributed by atoms with E-state index in [2.05, 4.69) is 11.1 Å². The van der Waals surface area contributed by atoms with Crippen molar-refractivity contribution in [3.8, 4) is 11.8 Å². The topological polar surface area (TPSA) is 94.8 Å². The molecule has 2 aromatic carbocycles. The average Bonchev–Trinajstić information content (AvgIpc) is 3.48. The van der Waals surface area contributed by atoms with Gasteiger partial charge in [-0.1, -0.05) is 30.3 Å². The number of aromatic nitrogens is 4. The van der Waals surface area contributed by atoms with Crippen LogP contribution in [0.15, 0.2) is 70.5 Å². The summed E-state index contributed by atoms with van der Waals surface area (Å²) in [5, 5.41) is 9.02. The third kappa shape index (κ3) is 3.53. The highest BCUT2D eigenvalue weighted by Gasteiger charge is 2.23. The fourth-order valence-corrected chi connectivity index (χ4v) is 4.14. The monoisotopic (exact) mass is 427 g/mol. The van der Waals surface area contributed by atoms with Gasteiger partial charge in [-0.05, 0) is 42.7 Å². The van der Waals surface area contributed by atoms with Gasteiger partial charge in [-0.25, -0.2) is 14.3 Å². The lowest BCUT2D eigenvalue weighted by Crippen LogP contribution is -2.42. The van der Waals surface area contributed by atoms with E-state index in [1.807, 2.05) is 42.5 Å². The minimum Gasteiger partial charge on any atom is -0.376 e. The Bertz CT molecular complexity index is 1420. The summed E-state index contributed by atoms with van der Waals surface area (Å²) in [6.45, 7) is 1.25. The number of imidazole rings is 1. The summed E-state index contributed by atoms with van der Waals surface area (Å²) < 4.78 is 10.2.